The third-order valence-corrected chi connectivity index (χ3v) is 1.85. The monoisotopic (exact) mass is 158 g/mol. The van der Waals surface area contributed by atoms with Gasteiger partial charge >= 0.3 is 18.9 Å². The molecule has 0 rings (SSSR count). The Kier molecular flexibility index (Phi) is 7.32. The molecule has 10 heavy (non-hydrogen) atoms. The zero-order valence-corrected chi connectivity index (χ0v) is 6.77. The molecule has 0 saturated carbocycles. The summed E-state index contributed by atoms with van der Waals surface area (Å²) in [5.74, 6) is -0.137. The minimum atomic E-state index is -3.61. The van der Waals surface area contributed by atoms with E-state index in [0.717, 1.165) is 6.47 Å². The van der Waals surface area contributed by atoms with Gasteiger partial charge in [-0.2, -0.15) is 8.42 Å². The number of carbonyl (C=O) groups excluding carboxylic acids is 1. The van der Waals surface area contributed by atoms with Crippen LogP contribution in [0.25, 0.3) is 0 Å². The van der Waals surface area contributed by atoms with Gasteiger partial charge in [0.2, 0.25) is 0 Å². The Morgan fingerprint density at radius 2 is 2.00 bits per heavy atom. The van der Waals surface area contributed by atoms with Gasteiger partial charge in [-0.1, -0.05) is 6.92 Å². The van der Waals surface area contributed by atoms with E-state index in [2.05, 4.69) is 4.18 Å². The van der Waals surface area contributed by atoms with Crippen molar-refractivity contribution in [2.45, 2.75) is 13.3 Å². The predicted molar refractivity (Wildman–Crippen MR) is 30.9 cm³/mol. The van der Waals surface area contributed by atoms with E-state index < -0.39 is 10.1 Å². The maximum absolute atomic E-state index is 10.3. The average Bonchev–Trinajstić information content (AvgIpc) is 1.64. The van der Waals surface area contributed by atoms with Gasteiger partial charge in [0, 0.05) is 0 Å². The molecule has 0 aliphatic carbocycles. The normalized spacial score (nSPS) is 9.70. The minimum Gasteiger partial charge on any atom is -0.553 e. The van der Waals surface area contributed by atoms with E-state index in [1.807, 2.05) is 0 Å². The van der Waals surface area contributed by atoms with Crippen LogP contribution in [0.3, 0.4) is 0 Å². The summed E-state index contributed by atoms with van der Waals surface area (Å²) in [6.45, 7) is 2.53. The summed E-state index contributed by atoms with van der Waals surface area (Å²) < 4.78 is 24.3. The van der Waals surface area contributed by atoms with Crippen LogP contribution in [-0.2, 0) is 19.1 Å². The Morgan fingerprint density at radius 1 is 1.50 bits per heavy atom. The molecule has 0 saturated heterocycles. The summed E-state index contributed by atoms with van der Waals surface area (Å²) in [4.78, 5) is 9.37. The van der Waals surface area contributed by atoms with Crippen molar-refractivity contribution in [1.29, 1.82) is 0 Å². The molecule has 0 N–H and O–H groups in total. The fourth-order valence-electron chi connectivity index (χ4n) is 0.344. The van der Waals surface area contributed by atoms with Crippen LogP contribution < -0.4 is 18.9 Å². The van der Waals surface area contributed by atoms with Gasteiger partial charge in [-0.3, -0.25) is 0 Å². The van der Waals surface area contributed by atoms with Crippen molar-refractivity contribution in [2.24, 2.45) is 0 Å². The maximum atomic E-state index is 10.3. The van der Waals surface area contributed by atoms with Crippen molar-refractivity contribution in [3.8, 4) is 0 Å². The summed E-state index contributed by atoms with van der Waals surface area (Å²) >= 11 is 0. The molecule has 0 fully saturated rings. The Bertz CT molecular complexity index is 174. The minimum absolute atomic E-state index is 0. The third kappa shape index (κ3) is 6.14. The van der Waals surface area contributed by atoms with Gasteiger partial charge in [0.1, 0.15) is 0 Å². The number of hydrogen-bond donors (Lipinski definition) is 0. The molecule has 0 spiro atoms. The van der Waals surface area contributed by atoms with Crippen LogP contribution in [-0.4, -0.2) is 20.6 Å². The quantitative estimate of drug-likeness (QED) is 0.246. The first kappa shape index (κ1) is 12.7. The van der Waals surface area contributed by atoms with E-state index in [0.29, 0.717) is 6.42 Å². The smallest absolute Gasteiger partial charge is 0.553 e. The Balaban J connectivity index is 0. The Hall–Kier alpha value is 0.0174. The van der Waals surface area contributed by atoms with Gasteiger partial charge in [0.15, 0.2) is 0 Å². The van der Waals surface area contributed by atoms with Crippen molar-refractivity contribution < 1.29 is 36.3 Å². The van der Waals surface area contributed by atoms with E-state index >= 15 is 0 Å². The van der Waals surface area contributed by atoms with E-state index in [4.69, 9.17) is 0 Å². The molecule has 0 amide bonds. The molecular formula is C4H7LiO4S. The van der Waals surface area contributed by atoms with Gasteiger partial charge in [0.25, 0.3) is 10.1 Å². The van der Waals surface area contributed by atoms with Crippen molar-refractivity contribution in [1.82, 2.24) is 0 Å². The molecule has 54 valence electrons. The van der Waals surface area contributed by atoms with Gasteiger partial charge in [0.05, 0.1) is 5.75 Å². The largest absolute Gasteiger partial charge is 1.00 e. The van der Waals surface area contributed by atoms with Gasteiger partial charge < -0.3 is 8.98 Å². The molecule has 0 aromatic heterocycles. The van der Waals surface area contributed by atoms with Crippen LogP contribution in [0.5, 0.6) is 0 Å². The molecule has 0 unspecified atom stereocenters. The Labute approximate surface area is 72.2 Å². The summed E-state index contributed by atoms with van der Waals surface area (Å²) in [5.41, 5.74) is 0. The van der Waals surface area contributed by atoms with Crippen LogP contribution in [0.1, 0.15) is 13.3 Å². The predicted octanol–water partition coefficient (Wildman–Crippen LogP) is -3.19. The molecule has 0 heterocycles. The first-order valence-corrected chi connectivity index (χ1v) is 3.98. The second-order valence-electron chi connectivity index (χ2n) is 1.43. The van der Waals surface area contributed by atoms with Crippen LogP contribution in [0, 0.1) is 0 Å². The van der Waals surface area contributed by atoms with E-state index in [9.17, 15) is 13.2 Å². The molecule has 6 heteroatoms. The van der Waals surface area contributed by atoms with Gasteiger partial charge in [-0.25, -0.2) is 0 Å². The fraction of sp³-hybridized carbons (Fsp3) is 0.750. The molecule has 0 bridgehead atoms. The van der Waals surface area contributed by atoms with E-state index in [-0.39, 0.29) is 24.6 Å². The van der Waals surface area contributed by atoms with Crippen LogP contribution >= 0.6 is 0 Å². The third-order valence-electron chi connectivity index (χ3n) is 0.615. The summed E-state index contributed by atoms with van der Waals surface area (Å²) in [5, 5.41) is 0. The van der Waals surface area contributed by atoms with Crippen LogP contribution in [0.15, 0.2) is 0 Å². The Morgan fingerprint density at radius 3 is 2.30 bits per heavy atom. The van der Waals surface area contributed by atoms with Gasteiger partial charge in [-0.05, 0) is 12.9 Å². The summed E-state index contributed by atoms with van der Waals surface area (Å²) in [6, 6.07) is 0. The van der Waals surface area contributed by atoms with Crippen molar-refractivity contribution in [3.05, 3.63) is 0 Å². The maximum Gasteiger partial charge on any atom is 1.00 e. The zero-order valence-electron chi connectivity index (χ0n) is 5.96. The van der Waals surface area contributed by atoms with E-state index in [1.54, 1.807) is 6.92 Å². The standard InChI is InChI=1S/C4H7O4S.Li/c1-2-3-9(6,7)8-4-5;/h2-3H2,1H3;/q-1;+1. The summed E-state index contributed by atoms with van der Waals surface area (Å²) in [6.07, 6.45) is 0.435. The van der Waals surface area contributed by atoms with Gasteiger partial charge in [-0.15, -0.1) is 0 Å². The van der Waals surface area contributed by atoms with Crippen molar-refractivity contribution >= 4 is 16.6 Å². The topological polar surface area (TPSA) is 60.4 Å². The van der Waals surface area contributed by atoms with Crippen LogP contribution in [0.2, 0.25) is 0 Å². The molecular weight excluding hydrogens is 151 g/mol. The SMILES string of the molecule is CCCS(=O)(=O)O[C-]=O.[Li+]. The molecule has 0 aromatic carbocycles. The molecule has 4 nitrogen and oxygen atoms in total. The molecule has 0 radical (unpaired) electrons. The molecule has 0 atom stereocenters. The fourth-order valence-corrected chi connectivity index (χ4v) is 1.03. The second-order valence-corrected chi connectivity index (χ2v) is 3.12. The average molecular weight is 158 g/mol. The summed E-state index contributed by atoms with van der Waals surface area (Å²) in [7, 11) is -3.61. The zero-order chi connectivity index (χ0) is 7.33. The molecule has 0 aromatic rings. The van der Waals surface area contributed by atoms with Crippen molar-refractivity contribution in [3.63, 3.8) is 0 Å². The van der Waals surface area contributed by atoms with E-state index in [1.165, 1.54) is 0 Å². The van der Waals surface area contributed by atoms with Crippen LogP contribution in [0.4, 0.5) is 0 Å². The number of hydrogen-bond acceptors (Lipinski definition) is 4. The second kappa shape index (κ2) is 5.78. The number of rotatable bonds is 4. The first-order chi connectivity index (χ1) is 4.12. The first-order valence-electron chi connectivity index (χ1n) is 2.40. The van der Waals surface area contributed by atoms with Crippen molar-refractivity contribution in [2.75, 3.05) is 5.75 Å². The molecule has 0 aliphatic heterocycles. The molecule has 0 aliphatic rings.